The SMILES string of the molecule is CCS(=O)(=O)c1ccccc1N(C)CC(C)CNC. The van der Waals surface area contributed by atoms with Crippen LogP contribution in [0.4, 0.5) is 5.69 Å². The van der Waals surface area contributed by atoms with Crippen LogP contribution in [0.15, 0.2) is 29.2 Å². The number of rotatable bonds is 7. The fraction of sp³-hybridized carbons (Fsp3) is 0.571. The minimum absolute atomic E-state index is 0.129. The minimum atomic E-state index is -3.18. The Kier molecular flexibility index (Phi) is 5.82. The molecule has 1 aromatic carbocycles. The van der Waals surface area contributed by atoms with Gasteiger partial charge in [0.1, 0.15) is 0 Å². The zero-order chi connectivity index (χ0) is 14.5. The molecule has 0 aliphatic carbocycles. The monoisotopic (exact) mass is 284 g/mol. The summed E-state index contributed by atoms with van der Waals surface area (Å²) < 4.78 is 24.2. The van der Waals surface area contributed by atoms with Crippen molar-refractivity contribution in [1.82, 2.24) is 5.32 Å². The predicted octanol–water partition coefficient (Wildman–Crippen LogP) is 1.77. The van der Waals surface area contributed by atoms with E-state index in [4.69, 9.17) is 0 Å². The Morgan fingerprint density at radius 3 is 2.53 bits per heavy atom. The Morgan fingerprint density at radius 1 is 1.32 bits per heavy atom. The van der Waals surface area contributed by atoms with Gasteiger partial charge < -0.3 is 10.2 Å². The summed E-state index contributed by atoms with van der Waals surface area (Å²) in [5.41, 5.74) is 0.785. The topological polar surface area (TPSA) is 49.4 Å². The molecule has 1 aromatic rings. The lowest BCUT2D eigenvalue weighted by Gasteiger charge is -2.25. The standard InChI is InChI=1S/C14H24N2O2S/c1-5-19(17,18)14-9-7-6-8-13(14)16(4)11-12(2)10-15-3/h6-9,12,15H,5,10-11H2,1-4H3. The van der Waals surface area contributed by atoms with Gasteiger partial charge in [-0.05, 0) is 31.6 Å². The van der Waals surface area contributed by atoms with Gasteiger partial charge >= 0.3 is 0 Å². The van der Waals surface area contributed by atoms with Crippen LogP contribution in [0, 0.1) is 5.92 Å². The van der Waals surface area contributed by atoms with Crippen LogP contribution in [0.2, 0.25) is 0 Å². The maximum Gasteiger partial charge on any atom is 0.180 e. The predicted molar refractivity (Wildman–Crippen MR) is 80.5 cm³/mol. The van der Waals surface area contributed by atoms with Crippen LogP contribution < -0.4 is 10.2 Å². The third-order valence-corrected chi connectivity index (χ3v) is 4.91. The van der Waals surface area contributed by atoms with Crippen LogP contribution in [0.25, 0.3) is 0 Å². The van der Waals surface area contributed by atoms with E-state index in [0.29, 0.717) is 10.8 Å². The normalized spacial score (nSPS) is 13.3. The van der Waals surface area contributed by atoms with Crippen LogP contribution in [0.5, 0.6) is 0 Å². The Bertz CT molecular complexity index is 500. The highest BCUT2D eigenvalue weighted by atomic mass is 32.2. The molecule has 0 heterocycles. The molecule has 0 bridgehead atoms. The van der Waals surface area contributed by atoms with Crippen LogP contribution >= 0.6 is 0 Å². The number of anilines is 1. The summed E-state index contributed by atoms with van der Waals surface area (Å²) in [7, 11) is 0.684. The average Bonchev–Trinajstić information content (AvgIpc) is 2.39. The zero-order valence-electron chi connectivity index (χ0n) is 12.2. The highest BCUT2D eigenvalue weighted by Crippen LogP contribution is 2.25. The van der Waals surface area contributed by atoms with E-state index < -0.39 is 9.84 Å². The molecule has 0 spiro atoms. The van der Waals surface area contributed by atoms with Crippen molar-refractivity contribution in [3.8, 4) is 0 Å². The molecule has 0 aromatic heterocycles. The molecular weight excluding hydrogens is 260 g/mol. The van der Waals surface area contributed by atoms with E-state index in [2.05, 4.69) is 12.2 Å². The molecule has 19 heavy (non-hydrogen) atoms. The summed E-state index contributed by atoms with van der Waals surface area (Å²) in [6, 6.07) is 7.21. The Hall–Kier alpha value is -1.07. The van der Waals surface area contributed by atoms with Crippen molar-refractivity contribution in [2.45, 2.75) is 18.7 Å². The van der Waals surface area contributed by atoms with Crippen molar-refractivity contribution in [2.24, 2.45) is 5.92 Å². The molecule has 4 nitrogen and oxygen atoms in total. The molecule has 1 unspecified atom stereocenters. The first-order valence-corrected chi connectivity index (χ1v) is 8.25. The molecule has 1 N–H and O–H groups in total. The van der Waals surface area contributed by atoms with E-state index in [1.54, 1.807) is 19.1 Å². The molecule has 108 valence electrons. The van der Waals surface area contributed by atoms with Crippen molar-refractivity contribution in [2.75, 3.05) is 37.8 Å². The Morgan fingerprint density at radius 2 is 1.95 bits per heavy atom. The van der Waals surface area contributed by atoms with Gasteiger partial charge in [0, 0.05) is 13.6 Å². The lowest BCUT2D eigenvalue weighted by molar-refractivity contribution is 0.541. The van der Waals surface area contributed by atoms with Crippen molar-refractivity contribution < 1.29 is 8.42 Å². The van der Waals surface area contributed by atoms with E-state index >= 15 is 0 Å². The summed E-state index contributed by atoms with van der Waals surface area (Å²) in [4.78, 5) is 2.45. The van der Waals surface area contributed by atoms with Crippen LogP contribution in [0.3, 0.4) is 0 Å². The van der Waals surface area contributed by atoms with Crippen LogP contribution in [-0.2, 0) is 9.84 Å². The number of nitrogens with one attached hydrogen (secondary N) is 1. The molecule has 0 amide bonds. The van der Waals surface area contributed by atoms with Gasteiger partial charge in [0.15, 0.2) is 9.84 Å². The fourth-order valence-corrected chi connectivity index (χ4v) is 3.31. The third-order valence-electron chi connectivity index (χ3n) is 3.13. The summed E-state index contributed by atoms with van der Waals surface area (Å²) in [6.45, 7) is 5.55. The molecular formula is C14H24N2O2S. The molecule has 0 aliphatic heterocycles. The van der Waals surface area contributed by atoms with Gasteiger partial charge in [-0.2, -0.15) is 0 Å². The second kappa shape index (κ2) is 6.91. The number of para-hydroxylation sites is 1. The van der Waals surface area contributed by atoms with E-state index in [1.165, 1.54) is 0 Å². The van der Waals surface area contributed by atoms with Gasteiger partial charge in [0.05, 0.1) is 16.3 Å². The number of hydrogen-bond donors (Lipinski definition) is 1. The number of sulfone groups is 1. The van der Waals surface area contributed by atoms with E-state index in [-0.39, 0.29) is 5.75 Å². The lowest BCUT2D eigenvalue weighted by Crippen LogP contribution is -2.30. The third kappa shape index (κ3) is 4.21. The first kappa shape index (κ1) is 16.0. The summed E-state index contributed by atoms with van der Waals surface area (Å²) >= 11 is 0. The fourth-order valence-electron chi connectivity index (χ4n) is 2.17. The highest BCUT2D eigenvalue weighted by molar-refractivity contribution is 7.91. The second-order valence-electron chi connectivity index (χ2n) is 4.91. The van der Waals surface area contributed by atoms with Gasteiger partial charge in [-0.25, -0.2) is 8.42 Å². The Balaban J connectivity index is 3.01. The molecule has 5 heteroatoms. The van der Waals surface area contributed by atoms with Gasteiger partial charge in [-0.15, -0.1) is 0 Å². The molecule has 0 radical (unpaired) electrons. The van der Waals surface area contributed by atoms with Gasteiger partial charge in [-0.1, -0.05) is 26.0 Å². The largest absolute Gasteiger partial charge is 0.373 e. The lowest BCUT2D eigenvalue weighted by atomic mass is 10.1. The first-order chi connectivity index (χ1) is 8.92. The Labute approximate surface area is 116 Å². The van der Waals surface area contributed by atoms with Crippen molar-refractivity contribution in [3.63, 3.8) is 0 Å². The maximum absolute atomic E-state index is 12.1. The summed E-state index contributed by atoms with van der Waals surface area (Å²) in [5.74, 6) is 0.580. The number of nitrogens with zero attached hydrogens (tertiary/aromatic N) is 1. The molecule has 0 saturated heterocycles. The van der Waals surface area contributed by atoms with Gasteiger partial charge in [0.25, 0.3) is 0 Å². The molecule has 1 atom stereocenters. The summed E-state index contributed by atoms with van der Waals surface area (Å²) in [6.07, 6.45) is 0. The molecule has 1 rings (SSSR count). The number of benzene rings is 1. The smallest absolute Gasteiger partial charge is 0.180 e. The van der Waals surface area contributed by atoms with Gasteiger partial charge in [0.2, 0.25) is 0 Å². The average molecular weight is 284 g/mol. The zero-order valence-corrected chi connectivity index (χ0v) is 13.0. The van der Waals surface area contributed by atoms with Crippen LogP contribution in [0.1, 0.15) is 13.8 Å². The van der Waals surface area contributed by atoms with Crippen LogP contribution in [-0.4, -0.2) is 41.4 Å². The number of hydrogen-bond acceptors (Lipinski definition) is 4. The van der Waals surface area contributed by atoms with E-state index in [0.717, 1.165) is 18.8 Å². The van der Waals surface area contributed by atoms with E-state index in [9.17, 15) is 8.42 Å². The minimum Gasteiger partial charge on any atom is -0.373 e. The molecule has 0 saturated carbocycles. The van der Waals surface area contributed by atoms with Crippen molar-refractivity contribution in [1.29, 1.82) is 0 Å². The molecule has 0 aliphatic rings. The highest BCUT2D eigenvalue weighted by Gasteiger charge is 2.19. The van der Waals surface area contributed by atoms with E-state index in [1.807, 2.05) is 31.1 Å². The second-order valence-corrected chi connectivity index (χ2v) is 7.16. The maximum atomic E-state index is 12.1. The van der Waals surface area contributed by atoms with Crippen molar-refractivity contribution >= 4 is 15.5 Å². The first-order valence-electron chi connectivity index (χ1n) is 6.60. The molecule has 0 fully saturated rings. The van der Waals surface area contributed by atoms with Crippen molar-refractivity contribution in [3.05, 3.63) is 24.3 Å². The quantitative estimate of drug-likeness (QED) is 0.829. The van der Waals surface area contributed by atoms with Gasteiger partial charge in [-0.3, -0.25) is 0 Å². The summed E-state index contributed by atoms with van der Waals surface area (Å²) in [5, 5.41) is 3.14.